The molecule has 4 heteroatoms. The van der Waals surface area contributed by atoms with Crippen molar-refractivity contribution in [1.82, 2.24) is 9.47 Å². The highest BCUT2D eigenvalue weighted by atomic mass is 35.5. The number of hydrogen-bond donors (Lipinski definition) is 1. The fourth-order valence-corrected chi connectivity index (χ4v) is 4.28. The Hall–Kier alpha value is -1.81. The number of rotatable bonds is 5. The van der Waals surface area contributed by atoms with Gasteiger partial charge >= 0.3 is 0 Å². The molecule has 0 aliphatic carbocycles. The molecule has 0 radical (unpaired) electrons. The average Bonchev–Trinajstić information content (AvgIpc) is 3.06. The van der Waals surface area contributed by atoms with E-state index in [2.05, 4.69) is 33.9 Å². The van der Waals surface area contributed by atoms with E-state index in [-0.39, 0.29) is 6.04 Å². The van der Waals surface area contributed by atoms with Crippen LogP contribution in [0, 0.1) is 0 Å². The summed E-state index contributed by atoms with van der Waals surface area (Å²) in [4.78, 5) is 2.40. The smallest absolute Gasteiger partial charge is 0.0915 e. The minimum atomic E-state index is -0.471. The van der Waals surface area contributed by atoms with E-state index in [1.165, 1.54) is 19.3 Å². The first kappa shape index (κ1) is 17.6. The van der Waals surface area contributed by atoms with Crippen LogP contribution < -0.4 is 0 Å². The van der Waals surface area contributed by atoms with Gasteiger partial charge in [-0.2, -0.15) is 0 Å². The number of hydrogen-bond acceptors (Lipinski definition) is 2. The minimum absolute atomic E-state index is 0.114. The molecule has 4 rings (SSSR count). The Morgan fingerprint density at radius 2 is 1.73 bits per heavy atom. The van der Waals surface area contributed by atoms with Crippen LogP contribution in [0.1, 0.15) is 30.9 Å². The molecule has 1 saturated heterocycles. The van der Waals surface area contributed by atoms with Gasteiger partial charge in [-0.25, -0.2) is 0 Å². The van der Waals surface area contributed by atoms with Gasteiger partial charge in [-0.3, -0.25) is 0 Å². The van der Waals surface area contributed by atoms with Crippen LogP contribution in [-0.2, 0) is 0 Å². The lowest BCUT2D eigenvalue weighted by Crippen LogP contribution is -2.40. The van der Waals surface area contributed by atoms with E-state index in [1.807, 2.05) is 36.4 Å². The van der Waals surface area contributed by atoms with Gasteiger partial charge in [0.1, 0.15) is 0 Å². The molecule has 1 fully saturated rings. The third kappa shape index (κ3) is 3.66. The topological polar surface area (TPSA) is 28.4 Å². The monoisotopic (exact) mass is 368 g/mol. The summed E-state index contributed by atoms with van der Waals surface area (Å²) in [5, 5.41) is 13.0. The number of halogens is 1. The van der Waals surface area contributed by atoms with Crippen molar-refractivity contribution < 1.29 is 5.11 Å². The molecular formula is C22H25ClN2O. The van der Waals surface area contributed by atoms with E-state index < -0.39 is 6.10 Å². The van der Waals surface area contributed by atoms with Gasteiger partial charge in [0.15, 0.2) is 0 Å². The molecule has 0 spiro atoms. The summed E-state index contributed by atoms with van der Waals surface area (Å²) in [6.07, 6.45) is 5.36. The molecule has 3 aromatic rings. The minimum Gasteiger partial charge on any atom is -0.389 e. The molecule has 3 nitrogen and oxygen atoms in total. The van der Waals surface area contributed by atoms with Gasteiger partial charge in [-0.05, 0) is 55.8 Å². The number of aliphatic hydroxyl groups is 1. The number of nitrogens with zero attached hydrogens (tertiary/aromatic N) is 2. The molecule has 0 saturated carbocycles. The predicted molar refractivity (Wildman–Crippen MR) is 108 cm³/mol. The molecule has 1 aliphatic rings. The first-order valence-corrected chi connectivity index (χ1v) is 9.81. The van der Waals surface area contributed by atoms with Crippen molar-refractivity contribution in [2.75, 3.05) is 19.6 Å². The van der Waals surface area contributed by atoms with Crippen LogP contribution in [-0.4, -0.2) is 40.3 Å². The fourth-order valence-electron chi connectivity index (χ4n) is 4.10. The van der Waals surface area contributed by atoms with Gasteiger partial charge in [0.25, 0.3) is 0 Å². The maximum absolute atomic E-state index is 11.2. The predicted octanol–water partition coefficient (Wildman–Crippen LogP) is 4.73. The van der Waals surface area contributed by atoms with E-state index in [9.17, 15) is 5.11 Å². The molecule has 1 N–H and O–H groups in total. The summed E-state index contributed by atoms with van der Waals surface area (Å²) in [6, 6.07) is 18.2. The lowest BCUT2D eigenvalue weighted by Gasteiger charge is -2.33. The number of likely N-dealkylation sites (tertiary alicyclic amines) is 1. The summed E-state index contributed by atoms with van der Waals surface area (Å²) in [7, 11) is 0. The van der Waals surface area contributed by atoms with Crippen molar-refractivity contribution in [2.24, 2.45) is 0 Å². The third-order valence-corrected chi connectivity index (χ3v) is 5.62. The van der Waals surface area contributed by atoms with Gasteiger partial charge in [-0.1, -0.05) is 48.4 Å². The van der Waals surface area contributed by atoms with Crippen molar-refractivity contribution in [3.8, 4) is 0 Å². The molecule has 1 aliphatic heterocycles. The summed E-state index contributed by atoms with van der Waals surface area (Å²) < 4.78 is 2.19. The molecular weight excluding hydrogens is 344 g/mol. The number of piperidine rings is 1. The lowest BCUT2D eigenvalue weighted by atomic mass is 9.99. The van der Waals surface area contributed by atoms with Crippen LogP contribution in [0.2, 0.25) is 5.02 Å². The van der Waals surface area contributed by atoms with Gasteiger partial charge in [0, 0.05) is 28.7 Å². The quantitative estimate of drug-likeness (QED) is 0.705. The SMILES string of the molecule is OC(CN1CCCCC1)C(c1ccccc1)n1ccc2cc(Cl)ccc21. The lowest BCUT2D eigenvalue weighted by molar-refractivity contribution is 0.0737. The molecule has 1 aromatic heterocycles. The Kier molecular flexibility index (Phi) is 5.30. The molecule has 2 unspecified atom stereocenters. The van der Waals surface area contributed by atoms with E-state index in [4.69, 9.17) is 11.6 Å². The fraction of sp³-hybridized carbons (Fsp3) is 0.364. The Morgan fingerprint density at radius 3 is 2.50 bits per heavy atom. The first-order valence-electron chi connectivity index (χ1n) is 9.44. The standard InChI is InChI=1S/C22H25ClN2O/c23-19-9-10-20-18(15-19)11-14-25(20)22(17-7-3-1-4-8-17)21(26)16-24-12-5-2-6-13-24/h1,3-4,7-11,14-15,21-22,26H,2,5-6,12-13,16H2. The summed E-state index contributed by atoms with van der Waals surface area (Å²) in [5.41, 5.74) is 2.23. The van der Waals surface area contributed by atoms with E-state index >= 15 is 0 Å². The molecule has 136 valence electrons. The Bertz CT molecular complexity index is 855. The zero-order chi connectivity index (χ0) is 17.9. The van der Waals surface area contributed by atoms with Crippen LogP contribution in [0.25, 0.3) is 10.9 Å². The van der Waals surface area contributed by atoms with Crippen LogP contribution in [0.4, 0.5) is 0 Å². The Labute approximate surface area is 159 Å². The first-order chi connectivity index (χ1) is 12.7. The average molecular weight is 369 g/mol. The van der Waals surface area contributed by atoms with Crippen molar-refractivity contribution in [1.29, 1.82) is 0 Å². The molecule has 0 amide bonds. The second-order valence-electron chi connectivity index (χ2n) is 7.21. The summed E-state index contributed by atoms with van der Waals surface area (Å²) in [6.45, 7) is 2.87. The number of benzene rings is 2. The van der Waals surface area contributed by atoms with Crippen molar-refractivity contribution in [3.05, 3.63) is 71.4 Å². The summed E-state index contributed by atoms with van der Waals surface area (Å²) in [5.74, 6) is 0. The number of fused-ring (bicyclic) bond motifs is 1. The van der Waals surface area contributed by atoms with Gasteiger partial charge < -0.3 is 14.6 Å². The van der Waals surface area contributed by atoms with Crippen molar-refractivity contribution in [2.45, 2.75) is 31.4 Å². The zero-order valence-electron chi connectivity index (χ0n) is 14.9. The molecule has 2 atom stereocenters. The van der Waals surface area contributed by atoms with Gasteiger partial charge in [0.2, 0.25) is 0 Å². The van der Waals surface area contributed by atoms with Crippen molar-refractivity contribution >= 4 is 22.5 Å². The van der Waals surface area contributed by atoms with Crippen LogP contribution >= 0.6 is 11.6 Å². The van der Waals surface area contributed by atoms with E-state index in [1.54, 1.807) is 0 Å². The Morgan fingerprint density at radius 1 is 0.962 bits per heavy atom. The number of aliphatic hydroxyl groups excluding tert-OH is 1. The van der Waals surface area contributed by atoms with Gasteiger partial charge in [-0.15, -0.1) is 0 Å². The van der Waals surface area contributed by atoms with Gasteiger partial charge in [0.05, 0.1) is 12.1 Å². The Balaban J connectivity index is 1.70. The van der Waals surface area contributed by atoms with E-state index in [0.29, 0.717) is 6.54 Å². The second-order valence-corrected chi connectivity index (χ2v) is 7.65. The highest BCUT2D eigenvalue weighted by Crippen LogP contribution is 2.30. The highest BCUT2D eigenvalue weighted by molar-refractivity contribution is 6.31. The van der Waals surface area contributed by atoms with Crippen molar-refractivity contribution in [3.63, 3.8) is 0 Å². The third-order valence-electron chi connectivity index (χ3n) is 5.38. The van der Waals surface area contributed by atoms with E-state index in [0.717, 1.165) is 34.6 Å². The molecule has 0 bridgehead atoms. The van der Waals surface area contributed by atoms with Crippen LogP contribution in [0.15, 0.2) is 60.8 Å². The number of aromatic nitrogens is 1. The zero-order valence-corrected chi connectivity index (χ0v) is 15.6. The number of β-amino-alcohol motifs (C(OH)–C–C–N with tert-alkyl or cyclic N) is 1. The maximum Gasteiger partial charge on any atom is 0.0915 e. The normalized spacial score (nSPS) is 18.1. The molecule has 2 aromatic carbocycles. The van der Waals surface area contributed by atoms with Crippen LogP contribution in [0.5, 0.6) is 0 Å². The largest absolute Gasteiger partial charge is 0.389 e. The maximum atomic E-state index is 11.2. The summed E-state index contributed by atoms with van der Waals surface area (Å²) >= 11 is 6.15. The molecule has 26 heavy (non-hydrogen) atoms. The van der Waals surface area contributed by atoms with Crippen LogP contribution in [0.3, 0.4) is 0 Å². The second kappa shape index (κ2) is 7.83. The highest BCUT2D eigenvalue weighted by Gasteiger charge is 2.26. The molecule has 2 heterocycles.